The van der Waals surface area contributed by atoms with Crippen molar-refractivity contribution in [2.75, 3.05) is 33.9 Å². The Kier molecular flexibility index (Phi) is 5.35. The van der Waals surface area contributed by atoms with Crippen LogP contribution in [0.15, 0.2) is 18.2 Å². The fourth-order valence-corrected chi connectivity index (χ4v) is 3.43. The molecule has 130 valence electrons. The normalized spacial score (nSPS) is 18.1. The first-order valence-corrected chi connectivity index (χ1v) is 8.53. The minimum Gasteiger partial charge on any atom is -0.497 e. The van der Waals surface area contributed by atoms with Crippen molar-refractivity contribution in [3.8, 4) is 5.75 Å². The van der Waals surface area contributed by atoms with Gasteiger partial charge in [0.1, 0.15) is 5.75 Å². The Morgan fingerprint density at radius 2 is 2.29 bits per heavy atom. The average Bonchev–Trinajstić information content (AvgIpc) is 3.04. The van der Waals surface area contributed by atoms with Gasteiger partial charge in [0.15, 0.2) is 5.69 Å². The number of ether oxygens (including phenoxy) is 2. The van der Waals surface area contributed by atoms with Gasteiger partial charge in [0.25, 0.3) is 5.91 Å². The van der Waals surface area contributed by atoms with Crippen molar-refractivity contribution in [1.82, 2.24) is 15.1 Å². The number of benzene rings is 1. The third-order valence-corrected chi connectivity index (χ3v) is 4.74. The molecule has 1 atom stereocenters. The summed E-state index contributed by atoms with van der Waals surface area (Å²) in [6.07, 6.45) is 4.39. The number of likely N-dealkylation sites (tertiary alicyclic amines) is 1. The maximum absolute atomic E-state index is 12.9. The summed E-state index contributed by atoms with van der Waals surface area (Å²) >= 11 is 0. The highest BCUT2D eigenvalue weighted by Crippen LogP contribution is 2.26. The summed E-state index contributed by atoms with van der Waals surface area (Å²) in [4.78, 5) is 14.9. The van der Waals surface area contributed by atoms with Gasteiger partial charge in [-0.3, -0.25) is 9.89 Å². The lowest BCUT2D eigenvalue weighted by Crippen LogP contribution is -2.40. The molecule has 1 aliphatic rings. The summed E-state index contributed by atoms with van der Waals surface area (Å²) in [5.41, 5.74) is 1.34. The van der Waals surface area contributed by atoms with Crippen molar-refractivity contribution in [3.63, 3.8) is 0 Å². The lowest BCUT2D eigenvalue weighted by molar-refractivity contribution is 0.0656. The molecule has 1 amide bonds. The quantitative estimate of drug-likeness (QED) is 0.827. The summed E-state index contributed by atoms with van der Waals surface area (Å²) in [6, 6.07) is 5.62. The number of carbonyl (C=O) groups excluding carboxylic acids is 1. The molecule has 1 unspecified atom stereocenters. The first kappa shape index (κ1) is 16.8. The highest BCUT2D eigenvalue weighted by Gasteiger charge is 2.26. The van der Waals surface area contributed by atoms with E-state index in [0.29, 0.717) is 11.6 Å². The molecule has 1 fully saturated rings. The second-order valence-electron chi connectivity index (χ2n) is 6.38. The van der Waals surface area contributed by atoms with Gasteiger partial charge >= 0.3 is 0 Å². The molecule has 0 radical (unpaired) electrons. The highest BCUT2D eigenvalue weighted by molar-refractivity contribution is 6.05. The number of aromatic nitrogens is 2. The molecule has 0 aliphatic carbocycles. The molecule has 6 nitrogen and oxygen atoms in total. The SMILES string of the molecule is COCCCC1CCCN(C(=O)c2n[nH]c3ccc(OC)cc23)C1. The van der Waals surface area contributed by atoms with Gasteiger partial charge in [0, 0.05) is 32.2 Å². The molecule has 2 aromatic rings. The zero-order valence-electron chi connectivity index (χ0n) is 14.4. The molecular weight excluding hydrogens is 306 g/mol. The Morgan fingerprint density at radius 3 is 3.08 bits per heavy atom. The number of H-pyrrole nitrogens is 1. The summed E-state index contributed by atoms with van der Waals surface area (Å²) in [7, 11) is 3.35. The van der Waals surface area contributed by atoms with Crippen LogP contribution in [0, 0.1) is 5.92 Å². The Balaban J connectivity index is 1.73. The van der Waals surface area contributed by atoms with E-state index in [9.17, 15) is 4.79 Å². The van der Waals surface area contributed by atoms with Crippen LogP contribution in [0.1, 0.15) is 36.2 Å². The fourth-order valence-electron chi connectivity index (χ4n) is 3.43. The van der Waals surface area contributed by atoms with Gasteiger partial charge in [0.05, 0.1) is 12.6 Å². The molecule has 6 heteroatoms. The van der Waals surface area contributed by atoms with Gasteiger partial charge in [-0.2, -0.15) is 5.10 Å². The number of methoxy groups -OCH3 is 2. The molecule has 1 aromatic heterocycles. The van der Waals surface area contributed by atoms with Crippen LogP contribution < -0.4 is 4.74 Å². The van der Waals surface area contributed by atoms with E-state index in [-0.39, 0.29) is 5.91 Å². The van der Waals surface area contributed by atoms with E-state index in [1.165, 1.54) is 6.42 Å². The fraction of sp³-hybridized carbons (Fsp3) is 0.556. The molecule has 2 heterocycles. The topological polar surface area (TPSA) is 67.5 Å². The van der Waals surface area contributed by atoms with Crippen LogP contribution >= 0.6 is 0 Å². The molecule has 1 aromatic carbocycles. The lowest BCUT2D eigenvalue weighted by atomic mass is 9.93. The molecule has 1 aliphatic heterocycles. The Labute approximate surface area is 142 Å². The second-order valence-corrected chi connectivity index (χ2v) is 6.38. The third-order valence-electron chi connectivity index (χ3n) is 4.74. The standard InChI is InChI=1S/C18H25N3O3/c1-23-10-4-6-13-5-3-9-21(12-13)18(22)17-15-11-14(24-2)7-8-16(15)19-20-17/h7-8,11,13H,3-6,9-10,12H2,1-2H3,(H,19,20). The molecule has 24 heavy (non-hydrogen) atoms. The number of aromatic amines is 1. The number of nitrogens with zero attached hydrogens (tertiary/aromatic N) is 2. The number of amides is 1. The lowest BCUT2D eigenvalue weighted by Gasteiger charge is -2.32. The van der Waals surface area contributed by atoms with E-state index in [0.717, 1.165) is 55.6 Å². The zero-order chi connectivity index (χ0) is 16.9. The van der Waals surface area contributed by atoms with Gasteiger partial charge in [-0.15, -0.1) is 0 Å². The van der Waals surface area contributed by atoms with Crippen LogP contribution in [-0.4, -0.2) is 54.9 Å². The summed E-state index contributed by atoms with van der Waals surface area (Å²) in [6.45, 7) is 2.40. The first-order valence-electron chi connectivity index (χ1n) is 8.53. The summed E-state index contributed by atoms with van der Waals surface area (Å²) in [5.74, 6) is 1.29. The molecule has 3 rings (SSSR count). The predicted molar refractivity (Wildman–Crippen MR) is 92.4 cm³/mol. The average molecular weight is 331 g/mol. The highest BCUT2D eigenvalue weighted by atomic mass is 16.5. The third kappa shape index (κ3) is 3.53. The predicted octanol–water partition coefficient (Wildman–Crippen LogP) is 2.85. The Bertz CT molecular complexity index is 698. The van der Waals surface area contributed by atoms with Gasteiger partial charge in [-0.05, 0) is 49.8 Å². The summed E-state index contributed by atoms with van der Waals surface area (Å²) in [5, 5.41) is 8.02. The van der Waals surface area contributed by atoms with Crippen LogP contribution in [0.25, 0.3) is 10.9 Å². The van der Waals surface area contributed by atoms with Gasteiger partial charge in [0.2, 0.25) is 0 Å². The van der Waals surface area contributed by atoms with Crippen LogP contribution in [0.3, 0.4) is 0 Å². The number of carbonyl (C=O) groups is 1. The smallest absolute Gasteiger partial charge is 0.275 e. The van der Waals surface area contributed by atoms with Crippen LogP contribution in [0.5, 0.6) is 5.75 Å². The molecular formula is C18H25N3O3. The number of hydrogen-bond acceptors (Lipinski definition) is 4. The van der Waals surface area contributed by atoms with E-state index in [4.69, 9.17) is 9.47 Å². The van der Waals surface area contributed by atoms with Gasteiger partial charge in [-0.25, -0.2) is 0 Å². The summed E-state index contributed by atoms with van der Waals surface area (Å²) < 4.78 is 10.4. The molecule has 1 saturated heterocycles. The van der Waals surface area contributed by atoms with E-state index < -0.39 is 0 Å². The molecule has 0 saturated carbocycles. The van der Waals surface area contributed by atoms with Crippen molar-refractivity contribution in [1.29, 1.82) is 0 Å². The largest absolute Gasteiger partial charge is 0.497 e. The van der Waals surface area contributed by atoms with Crippen LogP contribution in [0.2, 0.25) is 0 Å². The zero-order valence-corrected chi connectivity index (χ0v) is 14.4. The first-order chi connectivity index (χ1) is 11.7. The number of piperidine rings is 1. The van der Waals surface area contributed by atoms with Crippen molar-refractivity contribution >= 4 is 16.8 Å². The number of hydrogen-bond donors (Lipinski definition) is 1. The van der Waals surface area contributed by atoms with E-state index >= 15 is 0 Å². The molecule has 0 spiro atoms. The number of rotatable bonds is 6. The maximum atomic E-state index is 12.9. The van der Waals surface area contributed by atoms with Crippen molar-refractivity contribution in [3.05, 3.63) is 23.9 Å². The van der Waals surface area contributed by atoms with E-state index in [1.807, 2.05) is 23.1 Å². The molecule has 1 N–H and O–H groups in total. The minimum absolute atomic E-state index is 0.00550. The molecule has 0 bridgehead atoms. The number of nitrogens with one attached hydrogen (secondary N) is 1. The Morgan fingerprint density at radius 1 is 1.42 bits per heavy atom. The maximum Gasteiger partial charge on any atom is 0.275 e. The Hall–Kier alpha value is -2.08. The monoisotopic (exact) mass is 331 g/mol. The minimum atomic E-state index is 0.00550. The van der Waals surface area contributed by atoms with Crippen molar-refractivity contribution in [2.24, 2.45) is 5.92 Å². The van der Waals surface area contributed by atoms with Crippen molar-refractivity contribution < 1.29 is 14.3 Å². The van der Waals surface area contributed by atoms with E-state index in [1.54, 1.807) is 14.2 Å². The van der Waals surface area contributed by atoms with E-state index in [2.05, 4.69) is 10.2 Å². The van der Waals surface area contributed by atoms with Gasteiger partial charge < -0.3 is 14.4 Å². The van der Waals surface area contributed by atoms with Crippen molar-refractivity contribution in [2.45, 2.75) is 25.7 Å². The van der Waals surface area contributed by atoms with Crippen LogP contribution in [-0.2, 0) is 4.74 Å². The van der Waals surface area contributed by atoms with Gasteiger partial charge in [-0.1, -0.05) is 0 Å². The van der Waals surface area contributed by atoms with Crippen LogP contribution in [0.4, 0.5) is 0 Å². The number of fused-ring (bicyclic) bond motifs is 1. The second kappa shape index (κ2) is 7.66.